The van der Waals surface area contributed by atoms with Crippen LogP contribution in [-0.2, 0) is 16.3 Å². The standard InChI is InChI=1S/C17H12F3N3O4S.K/c18-17(19,20)11-3-1-2-4-13(11)22-23-16-12(21)6-5-9-7-10(28(25,26)27)8-14(24)15(9)16;/h1-8,24H,21H2,(H,25,26,27);. The number of benzene rings is 3. The summed E-state index contributed by atoms with van der Waals surface area (Å²) in [7, 11) is -4.59. The van der Waals surface area contributed by atoms with Crippen LogP contribution in [0.3, 0.4) is 0 Å². The molecule has 7 nitrogen and oxygen atoms in total. The van der Waals surface area contributed by atoms with Crippen LogP contribution in [0.25, 0.3) is 10.8 Å². The molecule has 0 unspecified atom stereocenters. The van der Waals surface area contributed by atoms with Crippen LogP contribution in [0.1, 0.15) is 5.56 Å². The summed E-state index contributed by atoms with van der Waals surface area (Å²) in [6.45, 7) is 0. The minimum Gasteiger partial charge on any atom is -0.507 e. The first-order chi connectivity index (χ1) is 13.0. The molecule has 0 aromatic heterocycles. The topological polar surface area (TPSA) is 125 Å². The number of phenolic OH excluding ortho intramolecular Hbond substituents is 1. The molecule has 0 aliphatic rings. The Morgan fingerprint density at radius 1 is 1.00 bits per heavy atom. The Hall–Kier alpha value is -1.54. The molecule has 0 aliphatic heterocycles. The van der Waals surface area contributed by atoms with Crippen LogP contribution in [-0.4, -0.2) is 69.5 Å². The summed E-state index contributed by atoms with van der Waals surface area (Å²) >= 11 is 0. The van der Waals surface area contributed by atoms with Crippen LogP contribution < -0.4 is 5.73 Å². The van der Waals surface area contributed by atoms with Crippen molar-refractivity contribution in [2.75, 3.05) is 5.73 Å². The van der Waals surface area contributed by atoms with Gasteiger partial charge in [-0.25, -0.2) is 0 Å². The minimum absolute atomic E-state index is 0. The van der Waals surface area contributed by atoms with E-state index in [1.165, 1.54) is 24.3 Å². The van der Waals surface area contributed by atoms with Crippen LogP contribution in [0.15, 0.2) is 63.7 Å². The van der Waals surface area contributed by atoms with Gasteiger partial charge in [-0.3, -0.25) is 4.55 Å². The number of azo groups is 1. The molecule has 12 heteroatoms. The number of nitrogens with zero attached hydrogens (tertiary/aromatic N) is 2. The van der Waals surface area contributed by atoms with E-state index >= 15 is 0 Å². The van der Waals surface area contributed by atoms with Gasteiger partial charge in [0, 0.05) is 57.5 Å². The van der Waals surface area contributed by atoms with Crippen LogP contribution in [0.2, 0.25) is 0 Å². The van der Waals surface area contributed by atoms with Crippen molar-refractivity contribution in [3.05, 3.63) is 54.1 Å². The first kappa shape index (κ1) is 23.7. The Balaban J connectivity index is 0.00000300. The molecule has 29 heavy (non-hydrogen) atoms. The minimum atomic E-state index is -4.65. The van der Waals surface area contributed by atoms with E-state index in [9.17, 15) is 26.7 Å². The molecule has 0 spiro atoms. The Morgan fingerprint density at radius 3 is 2.28 bits per heavy atom. The molecular formula is C17H12F3KN3O4S. The van der Waals surface area contributed by atoms with Gasteiger partial charge >= 0.3 is 6.18 Å². The Labute approximate surface area is 205 Å². The van der Waals surface area contributed by atoms with Crippen LogP contribution >= 0.6 is 0 Å². The van der Waals surface area contributed by atoms with Gasteiger partial charge in [0.25, 0.3) is 10.1 Å². The average molecular weight is 450 g/mol. The van der Waals surface area contributed by atoms with Crippen molar-refractivity contribution in [3.63, 3.8) is 0 Å². The van der Waals surface area contributed by atoms with Crippen molar-refractivity contribution in [1.29, 1.82) is 0 Å². The largest absolute Gasteiger partial charge is 0.507 e. The number of hydrogen-bond donors (Lipinski definition) is 3. The fraction of sp³-hybridized carbons (Fsp3) is 0.0588. The van der Waals surface area contributed by atoms with Gasteiger partial charge < -0.3 is 10.8 Å². The van der Waals surface area contributed by atoms with Crippen LogP contribution in [0, 0.1) is 0 Å². The number of hydrogen-bond acceptors (Lipinski definition) is 6. The van der Waals surface area contributed by atoms with E-state index < -0.39 is 38.2 Å². The average Bonchev–Trinajstić information content (AvgIpc) is 2.59. The molecule has 3 aromatic carbocycles. The van der Waals surface area contributed by atoms with E-state index in [1.54, 1.807) is 0 Å². The Morgan fingerprint density at radius 2 is 1.66 bits per heavy atom. The van der Waals surface area contributed by atoms with Gasteiger partial charge in [0.05, 0.1) is 27.2 Å². The van der Waals surface area contributed by atoms with Gasteiger partial charge in [0.2, 0.25) is 0 Å². The maximum Gasteiger partial charge on any atom is 0.418 e. The third kappa shape index (κ3) is 5.15. The van der Waals surface area contributed by atoms with Gasteiger partial charge in [-0.05, 0) is 29.7 Å². The van der Waals surface area contributed by atoms with Crippen LogP contribution in [0.5, 0.6) is 5.75 Å². The van der Waals surface area contributed by atoms with Crippen molar-refractivity contribution < 1.29 is 31.2 Å². The summed E-state index contributed by atoms with van der Waals surface area (Å²) < 4.78 is 71.0. The number of aromatic hydroxyl groups is 1. The summed E-state index contributed by atoms with van der Waals surface area (Å²) in [5, 5.41) is 17.7. The zero-order chi connectivity index (χ0) is 20.7. The molecule has 147 valence electrons. The van der Waals surface area contributed by atoms with E-state index in [4.69, 9.17) is 10.3 Å². The van der Waals surface area contributed by atoms with Crippen molar-refractivity contribution in [2.24, 2.45) is 10.2 Å². The number of nitrogens with two attached hydrogens (primary N) is 1. The zero-order valence-corrected chi connectivity index (χ0v) is 18.8. The third-order valence-corrected chi connectivity index (χ3v) is 4.67. The molecule has 1 radical (unpaired) electrons. The molecule has 0 bridgehead atoms. The Kier molecular flexibility index (Phi) is 7.10. The first-order valence-corrected chi connectivity index (χ1v) is 9.03. The molecule has 0 saturated carbocycles. The van der Waals surface area contributed by atoms with E-state index in [-0.39, 0.29) is 73.5 Å². The third-order valence-electron chi connectivity index (χ3n) is 3.84. The predicted octanol–water partition coefficient (Wildman–Crippen LogP) is 4.43. The number of alkyl halides is 3. The monoisotopic (exact) mass is 450 g/mol. The molecule has 3 aromatic rings. The SMILES string of the molecule is Nc1ccc2cc(S(=O)(=O)O)cc(O)c2c1N=Nc1ccccc1C(F)(F)F.[K]. The first-order valence-electron chi connectivity index (χ1n) is 7.59. The predicted molar refractivity (Wildman–Crippen MR) is 101 cm³/mol. The number of anilines is 1. The smallest absolute Gasteiger partial charge is 0.418 e. The fourth-order valence-electron chi connectivity index (χ4n) is 2.58. The van der Waals surface area contributed by atoms with Gasteiger partial charge in [0.15, 0.2) is 0 Å². The zero-order valence-electron chi connectivity index (χ0n) is 14.8. The van der Waals surface area contributed by atoms with Crippen molar-refractivity contribution in [2.45, 2.75) is 11.1 Å². The molecule has 3 rings (SSSR count). The summed E-state index contributed by atoms with van der Waals surface area (Å²) in [4.78, 5) is -0.562. The molecule has 0 amide bonds. The Bertz CT molecular complexity index is 1210. The fourth-order valence-corrected chi connectivity index (χ4v) is 3.11. The molecular weight excluding hydrogens is 438 g/mol. The number of fused-ring (bicyclic) bond motifs is 1. The number of halogens is 3. The maximum absolute atomic E-state index is 13.1. The van der Waals surface area contributed by atoms with Gasteiger partial charge in [-0.1, -0.05) is 18.2 Å². The summed E-state index contributed by atoms with van der Waals surface area (Å²) in [5.74, 6) is -0.588. The summed E-state index contributed by atoms with van der Waals surface area (Å²) in [6.07, 6.45) is -4.65. The van der Waals surface area contributed by atoms with Crippen LogP contribution in [0.4, 0.5) is 30.2 Å². The van der Waals surface area contributed by atoms with Gasteiger partial charge in [-0.15, -0.1) is 10.2 Å². The maximum atomic E-state index is 13.1. The molecule has 0 atom stereocenters. The summed E-state index contributed by atoms with van der Waals surface area (Å²) in [6, 6.07) is 9.04. The molecule has 0 fully saturated rings. The summed E-state index contributed by atoms with van der Waals surface area (Å²) in [5.41, 5.74) is 4.20. The molecule has 0 saturated heterocycles. The second-order valence-electron chi connectivity index (χ2n) is 5.73. The van der Waals surface area contributed by atoms with Gasteiger partial charge in [0.1, 0.15) is 11.4 Å². The van der Waals surface area contributed by atoms with E-state index in [0.29, 0.717) is 0 Å². The number of phenols is 1. The number of rotatable bonds is 3. The normalized spacial score (nSPS) is 12.3. The number of nitrogen functional groups attached to an aromatic ring is 1. The molecule has 0 aliphatic carbocycles. The molecule has 4 N–H and O–H groups in total. The van der Waals surface area contributed by atoms with Gasteiger partial charge in [-0.2, -0.15) is 21.6 Å². The van der Waals surface area contributed by atoms with E-state index in [1.807, 2.05) is 0 Å². The quantitative estimate of drug-likeness (QED) is 0.236. The molecule has 0 heterocycles. The van der Waals surface area contributed by atoms with Crippen molar-refractivity contribution >= 4 is 89.3 Å². The van der Waals surface area contributed by atoms with Crippen molar-refractivity contribution in [1.82, 2.24) is 0 Å². The van der Waals surface area contributed by atoms with E-state index in [0.717, 1.165) is 24.3 Å². The second kappa shape index (κ2) is 8.67. The van der Waals surface area contributed by atoms with E-state index in [2.05, 4.69) is 10.2 Å². The second-order valence-corrected chi connectivity index (χ2v) is 7.16. The van der Waals surface area contributed by atoms with Crippen molar-refractivity contribution in [3.8, 4) is 5.75 Å².